The highest BCUT2D eigenvalue weighted by atomic mass is 16.5. The number of carbonyl (C=O) groups is 1. The lowest BCUT2D eigenvalue weighted by atomic mass is 10.0. The lowest BCUT2D eigenvalue weighted by Gasteiger charge is -2.32. The summed E-state index contributed by atoms with van der Waals surface area (Å²) < 4.78 is 10.6. The van der Waals surface area contributed by atoms with Gasteiger partial charge in [-0.25, -0.2) is 0 Å². The van der Waals surface area contributed by atoms with E-state index in [1.54, 1.807) is 31.3 Å². The van der Waals surface area contributed by atoms with Gasteiger partial charge in [-0.2, -0.15) is 0 Å². The predicted molar refractivity (Wildman–Crippen MR) is 77.5 cm³/mol. The van der Waals surface area contributed by atoms with E-state index in [0.717, 1.165) is 25.9 Å². The van der Waals surface area contributed by atoms with Gasteiger partial charge < -0.3 is 19.7 Å². The van der Waals surface area contributed by atoms with Crippen LogP contribution in [0.15, 0.2) is 18.2 Å². The molecule has 2 rings (SSSR count). The average Bonchev–Trinajstić information content (AvgIpc) is 2.53. The van der Waals surface area contributed by atoms with Gasteiger partial charge in [0.2, 0.25) is 0 Å². The molecule has 0 saturated carbocycles. The second kappa shape index (κ2) is 6.61. The molecule has 1 fully saturated rings. The molecule has 0 spiro atoms. The Bertz CT molecular complexity index is 448. The van der Waals surface area contributed by atoms with Crippen molar-refractivity contribution in [3.8, 4) is 11.5 Å². The maximum absolute atomic E-state index is 12.7. The van der Waals surface area contributed by atoms with Gasteiger partial charge in [0.1, 0.15) is 17.1 Å². The van der Waals surface area contributed by atoms with E-state index in [4.69, 9.17) is 9.47 Å². The molecule has 1 heterocycles. The van der Waals surface area contributed by atoms with Crippen LogP contribution >= 0.6 is 0 Å². The lowest BCUT2D eigenvalue weighted by Crippen LogP contribution is -2.46. The van der Waals surface area contributed by atoms with Gasteiger partial charge in [-0.05, 0) is 31.5 Å². The van der Waals surface area contributed by atoms with Gasteiger partial charge in [-0.1, -0.05) is 6.07 Å². The highest BCUT2D eigenvalue weighted by Gasteiger charge is 2.27. The number of nitrogens with zero attached hydrogens (tertiary/aromatic N) is 1. The van der Waals surface area contributed by atoms with Crippen molar-refractivity contribution in [2.75, 3.05) is 34.4 Å². The molecule has 1 aliphatic rings. The molecule has 5 nitrogen and oxygen atoms in total. The molecule has 1 aromatic carbocycles. The van der Waals surface area contributed by atoms with Crippen molar-refractivity contribution in [1.29, 1.82) is 0 Å². The molecule has 1 N–H and O–H groups in total. The Balaban J connectivity index is 2.27. The Hall–Kier alpha value is -1.75. The summed E-state index contributed by atoms with van der Waals surface area (Å²) in [7, 11) is 4.97. The third kappa shape index (κ3) is 2.88. The SMILES string of the molecule is COc1cccc(OC)c1C(=O)N(C)C1CCCNC1. The number of likely N-dealkylation sites (N-methyl/N-ethyl adjacent to an activating group) is 1. The van der Waals surface area contributed by atoms with Crippen LogP contribution in [0.25, 0.3) is 0 Å². The minimum absolute atomic E-state index is 0.0620. The smallest absolute Gasteiger partial charge is 0.261 e. The normalized spacial score (nSPS) is 18.4. The standard InChI is InChI=1S/C15H22N2O3/c1-17(11-6-5-9-16-10-11)15(18)14-12(19-2)7-4-8-13(14)20-3/h4,7-8,11,16H,5-6,9-10H2,1-3H3. The first-order valence-electron chi connectivity index (χ1n) is 6.88. The molecule has 1 aliphatic heterocycles. The molecule has 1 amide bonds. The van der Waals surface area contributed by atoms with Crippen LogP contribution in [0.1, 0.15) is 23.2 Å². The monoisotopic (exact) mass is 278 g/mol. The van der Waals surface area contributed by atoms with Crippen LogP contribution in [-0.2, 0) is 0 Å². The van der Waals surface area contributed by atoms with E-state index < -0.39 is 0 Å². The van der Waals surface area contributed by atoms with Gasteiger partial charge >= 0.3 is 0 Å². The van der Waals surface area contributed by atoms with Crippen molar-refractivity contribution >= 4 is 5.91 Å². The van der Waals surface area contributed by atoms with E-state index >= 15 is 0 Å². The zero-order valence-corrected chi connectivity index (χ0v) is 12.3. The fourth-order valence-electron chi connectivity index (χ4n) is 2.57. The zero-order chi connectivity index (χ0) is 14.5. The Morgan fingerprint density at radius 1 is 1.30 bits per heavy atom. The Morgan fingerprint density at radius 3 is 2.45 bits per heavy atom. The highest BCUT2D eigenvalue weighted by Crippen LogP contribution is 2.30. The second-order valence-electron chi connectivity index (χ2n) is 4.95. The molecule has 1 aromatic rings. The van der Waals surface area contributed by atoms with Crippen LogP contribution in [0.5, 0.6) is 11.5 Å². The number of carbonyl (C=O) groups excluding carboxylic acids is 1. The molecule has 1 atom stereocenters. The molecule has 0 aromatic heterocycles. The van der Waals surface area contributed by atoms with Crippen molar-refractivity contribution in [3.63, 3.8) is 0 Å². The van der Waals surface area contributed by atoms with E-state index in [1.165, 1.54) is 0 Å². The number of methoxy groups -OCH3 is 2. The Morgan fingerprint density at radius 2 is 1.95 bits per heavy atom. The molecule has 0 aliphatic carbocycles. The van der Waals surface area contributed by atoms with Crippen molar-refractivity contribution in [2.45, 2.75) is 18.9 Å². The van der Waals surface area contributed by atoms with Crippen molar-refractivity contribution in [2.24, 2.45) is 0 Å². The summed E-state index contributed by atoms with van der Waals surface area (Å²) in [6, 6.07) is 5.59. The molecule has 5 heteroatoms. The number of hydrogen-bond acceptors (Lipinski definition) is 4. The molecule has 0 radical (unpaired) electrons. The number of amides is 1. The van der Waals surface area contributed by atoms with Crippen LogP contribution in [0.2, 0.25) is 0 Å². The first kappa shape index (κ1) is 14.7. The summed E-state index contributed by atoms with van der Waals surface area (Å²) in [5, 5.41) is 3.32. The second-order valence-corrected chi connectivity index (χ2v) is 4.95. The van der Waals surface area contributed by atoms with E-state index in [-0.39, 0.29) is 11.9 Å². The summed E-state index contributed by atoms with van der Waals surface area (Å²) >= 11 is 0. The fourth-order valence-corrected chi connectivity index (χ4v) is 2.57. The minimum Gasteiger partial charge on any atom is -0.496 e. The Labute approximate surface area is 119 Å². The number of rotatable bonds is 4. The van der Waals surface area contributed by atoms with Gasteiger partial charge in [-0.15, -0.1) is 0 Å². The first-order chi connectivity index (χ1) is 9.69. The van der Waals surface area contributed by atoms with E-state index in [0.29, 0.717) is 17.1 Å². The highest BCUT2D eigenvalue weighted by molar-refractivity contribution is 5.99. The average molecular weight is 278 g/mol. The van der Waals surface area contributed by atoms with Crippen molar-refractivity contribution in [1.82, 2.24) is 10.2 Å². The van der Waals surface area contributed by atoms with Crippen LogP contribution in [0, 0.1) is 0 Å². The largest absolute Gasteiger partial charge is 0.496 e. The molecule has 0 bridgehead atoms. The van der Waals surface area contributed by atoms with Gasteiger partial charge in [0.05, 0.1) is 14.2 Å². The predicted octanol–water partition coefficient (Wildman–Crippen LogP) is 1.53. The van der Waals surface area contributed by atoms with Crippen LogP contribution in [0.4, 0.5) is 0 Å². The van der Waals surface area contributed by atoms with E-state index in [9.17, 15) is 4.79 Å². The van der Waals surface area contributed by atoms with Gasteiger partial charge in [0.15, 0.2) is 0 Å². The summed E-state index contributed by atoms with van der Waals surface area (Å²) in [5.74, 6) is 1.03. The quantitative estimate of drug-likeness (QED) is 0.907. The lowest BCUT2D eigenvalue weighted by molar-refractivity contribution is 0.0701. The fraction of sp³-hybridized carbons (Fsp3) is 0.533. The molecule has 1 saturated heterocycles. The van der Waals surface area contributed by atoms with Gasteiger partial charge in [-0.3, -0.25) is 4.79 Å². The summed E-state index contributed by atoms with van der Waals surface area (Å²) in [5.41, 5.74) is 0.491. The summed E-state index contributed by atoms with van der Waals surface area (Å²) in [6.45, 7) is 1.86. The number of ether oxygens (including phenoxy) is 2. The topological polar surface area (TPSA) is 50.8 Å². The van der Waals surface area contributed by atoms with Crippen LogP contribution in [0.3, 0.4) is 0 Å². The molecule has 20 heavy (non-hydrogen) atoms. The van der Waals surface area contributed by atoms with Crippen LogP contribution in [-0.4, -0.2) is 51.2 Å². The number of benzene rings is 1. The first-order valence-corrected chi connectivity index (χ1v) is 6.88. The molecular formula is C15H22N2O3. The molecule has 110 valence electrons. The maximum atomic E-state index is 12.7. The molecular weight excluding hydrogens is 256 g/mol. The zero-order valence-electron chi connectivity index (χ0n) is 12.3. The van der Waals surface area contributed by atoms with Crippen molar-refractivity contribution < 1.29 is 14.3 Å². The molecule has 1 unspecified atom stereocenters. The third-order valence-electron chi connectivity index (χ3n) is 3.78. The van der Waals surface area contributed by atoms with Crippen LogP contribution < -0.4 is 14.8 Å². The van der Waals surface area contributed by atoms with Crippen molar-refractivity contribution in [3.05, 3.63) is 23.8 Å². The summed E-state index contributed by atoms with van der Waals surface area (Å²) in [6.07, 6.45) is 2.11. The van der Waals surface area contributed by atoms with E-state index in [2.05, 4.69) is 5.32 Å². The third-order valence-corrected chi connectivity index (χ3v) is 3.78. The summed E-state index contributed by atoms with van der Waals surface area (Å²) in [4.78, 5) is 14.5. The van der Waals surface area contributed by atoms with Gasteiger partial charge in [0, 0.05) is 19.6 Å². The maximum Gasteiger partial charge on any atom is 0.261 e. The number of piperidine rings is 1. The number of hydrogen-bond donors (Lipinski definition) is 1. The number of nitrogens with one attached hydrogen (secondary N) is 1. The Kier molecular flexibility index (Phi) is 4.84. The minimum atomic E-state index is -0.0620. The van der Waals surface area contributed by atoms with Gasteiger partial charge in [0.25, 0.3) is 5.91 Å². The van der Waals surface area contributed by atoms with E-state index in [1.807, 2.05) is 13.1 Å².